The third-order valence-electron chi connectivity index (χ3n) is 4.90. The Hall–Kier alpha value is -1.39. The Morgan fingerprint density at radius 3 is 2.70 bits per heavy atom. The van der Waals surface area contributed by atoms with E-state index >= 15 is 0 Å². The highest BCUT2D eigenvalue weighted by molar-refractivity contribution is 5.79. The molecular formula is C19H28N2O2. The monoisotopic (exact) mass is 316 g/mol. The molecule has 2 aliphatic rings. The van der Waals surface area contributed by atoms with Crippen molar-refractivity contribution in [3.63, 3.8) is 0 Å². The first-order chi connectivity index (χ1) is 11.3. The molecule has 2 heterocycles. The van der Waals surface area contributed by atoms with Gasteiger partial charge in [-0.25, -0.2) is 0 Å². The number of carbonyl (C=O) groups excluding carboxylic acids is 1. The molecule has 2 atom stereocenters. The standard InChI is InChI=1S/C19H28N2O2/c22-19(17-9-12-23-15-17)20-18(13-16-7-3-1-4-8-16)14-21-10-5-2-6-11-21/h1,3-4,7-8,17-18H,2,5-6,9-15H2,(H,20,22)/t17-,18-/m1/s1. The van der Waals surface area contributed by atoms with Crippen LogP contribution in [0.1, 0.15) is 31.2 Å². The molecule has 2 fully saturated rings. The highest BCUT2D eigenvalue weighted by Gasteiger charge is 2.26. The number of rotatable bonds is 6. The first-order valence-corrected chi connectivity index (χ1v) is 8.95. The lowest BCUT2D eigenvalue weighted by Gasteiger charge is -2.31. The highest BCUT2D eigenvalue weighted by atomic mass is 16.5. The third-order valence-corrected chi connectivity index (χ3v) is 4.90. The summed E-state index contributed by atoms with van der Waals surface area (Å²) in [5, 5.41) is 3.29. The maximum Gasteiger partial charge on any atom is 0.225 e. The van der Waals surface area contributed by atoms with Crippen molar-refractivity contribution >= 4 is 5.91 Å². The maximum atomic E-state index is 12.5. The summed E-state index contributed by atoms with van der Waals surface area (Å²) in [5.41, 5.74) is 1.29. The van der Waals surface area contributed by atoms with Crippen LogP contribution in [0.15, 0.2) is 30.3 Å². The van der Waals surface area contributed by atoms with Gasteiger partial charge in [0.1, 0.15) is 0 Å². The highest BCUT2D eigenvalue weighted by Crippen LogP contribution is 2.15. The van der Waals surface area contributed by atoms with Crippen molar-refractivity contribution in [1.82, 2.24) is 10.2 Å². The van der Waals surface area contributed by atoms with Crippen molar-refractivity contribution in [3.05, 3.63) is 35.9 Å². The van der Waals surface area contributed by atoms with Gasteiger partial charge in [0.05, 0.1) is 12.5 Å². The Labute approximate surface area is 139 Å². The number of piperidine rings is 1. The molecule has 1 aromatic rings. The lowest BCUT2D eigenvalue weighted by Crippen LogP contribution is -2.48. The third kappa shape index (κ3) is 5.05. The summed E-state index contributed by atoms with van der Waals surface area (Å²) in [4.78, 5) is 15.0. The van der Waals surface area contributed by atoms with Gasteiger partial charge in [0.15, 0.2) is 0 Å². The van der Waals surface area contributed by atoms with Gasteiger partial charge in [-0.15, -0.1) is 0 Å². The van der Waals surface area contributed by atoms with Crippen molar-refractivity contribution in [3.8, 4) is 0 Å². The molecule has 0 radical (unpaired) electrons. The molecule has 126 valence electrons. The zero-order valence-electron chi connectivity index (χ0n) is 13.9. The summed E-state index contributed by atoms with van der Waals surface area (Å²) < 4.78 is 5.36. The van der Waals surface area contributed by atoms with Crippen LogP contribution in [-0.4, -0.2) is 49.7 Å². The second-order valence-electron chi connectivity index (χ2n) is 6.82. The number of hydrogen-bond acceptors (Lipinski definition) is 3. The molecule has 4 heteroatoms. The van der Waals surface area contributed by atoms with Crippen LogP contribution in [0.4, 0.5) is 0 Å². The normalized spacial score (nSPS) is 23.6. The lowest BCUT2D eigenvalue weighted by molar-refractivity contribution is -0.125. The van der Waals surface area contributed by atoms with Crippen molar-refractivity contribution in [2.24, 2.45) is 5.92 Å². The zero-order valence-corrected chi connectivity index (χ0v) is 13.9. The molecule has 1 N–H and O–H groups in total. The summed E-state index contributed by atoms with van der Waals surface area (Å²) in [5.74, 6) is 0.204. The fraction of sp³-hybridized carbons (Fsp3) is 0.632. The Morgan fingerprint density at radius 2 is 2.00 bits per heavy atom. The molecule has 0 aliphatic carbocycles. The molecule has 2 saturated heterocycles. The summed E-state index contributed by atoms with van der Waals surface area (Å²) in [6, 6.07) is 10.7. The maximum absolute atomic E-state index is 12.5. The van der Waals surface area contributed by atoms with Gasteiger partial charge in [-0.3, -0.25) is 4.79 Å². The summed E-state index contributed by atoms with van der Waals surface area (Å²) >= 11 is 0. The van der Waals surface area contributed by atoms with E-state index in [1.54, 1.807) is 0 Å². The van der Waals surface area contributed by atoms with E-state index in [0.717, 1.165) is 32.5 Å². The average Bonchev–Trinajstić information content (AvgIpc) is 3.11. The molecule has 4 nitrogen and oxygen atoms in total. The Balaban J connectivity index is 1.60. The summed E-state index contributed by atoms with van der Waals surface area (Å²) in [6.07, 6.45) is 5.65. The molecule has 2 aliphatic heterocycles. The van der Waals surface area contributed by atoms with Crippen molar-refractivity contribution < 1.29 is 9.53 Å². The van der Waals surface area contributed by atoms with E-state index in [0.29, 0.717) is 13.2 Å². The van der Waals surface area contributed by atoms with E-state index in [1.165, 1.54) is 24.8 Å². The van der Waals surface area contributed by atoms with Crippen LogP contribution in [0.25, 0.3) is 0 Å². The number of nitrogens with zero attached hydrogens (tertiary/aromatic N) is 1. The number of benzene rings is 1. The molecule has 0 saturated carbocycles. The van der Waals surface area contributed by atoms with Gasteiger partial charge in [0.2, 0.25) is 5.91 Å². The van der Waals surface area contributed by atoms with E-state index in [-0.39, 0.29) is 17.9 Å². The van der Waals surface area contributed by atoms with Crippen molar-refractivity contribution in [2.75, 3.05) is 32.8 Å². The molecule has 0 spiro atoms. The second kappa shape index (κ2) is 8.46. The second-order valence-corrected chi connectivity index (χ2v) is 6.82. The van der Waals surface area contributed by atoms with Crippen LogP contribution in [-0.2, 0) is 16.0 Å². The Bertz CT molecular complexity index is 479. The molecule has 0 bridgehead atoms. The number of ether oxygens (including phenoxy) is 1. The van der Waals surface area contributed by atoms with Gasteiger partial charge in [-0.05, 0) is 44.3 Å². The van der Waals surface area contributed by atoms with Gasteiger partial charge < -0.3 is 15.0 Å². The van der Waals surface area contributed by atoms with Gasteiger partial charge in [0, 0.05) is 19.2 Å². The minimum Gasteiger partial charge on any atom is -0.381 e. The van der Waals surface area contributed by atoms with Crippen molar-refractivity contribution in [1.29, 1.82) is 0 Å². The van der Waals surface area contributed by atoms with Gasteiger partial charge >= 0.3 is 0 Å². The lowest BCUT2D eigenvalue weighted by atomic mass is 10.0. The van der Waals surface area contributed by atoms with E-state index in [9.17, 15) is 4.79 Å². The van der Waals surface area contributed by atoms with Crippen molar-refractivity contribution in [2.45, 2.75) is 38.1 Å². The summed E-state index contributed by atoms with van der Waals surface area (Å²) in [7, 11) is 0. The van der Waals surface area contributed by atoms with Crippen LogP contribution in [0.2, 0.25) is 0 Å². The van der Waals surface area contributed by atoms with Gasteiger partial charge in [-0.1, -0.05) is 36.8 Å². The fourth-order valence-corrected chi connectivity index (χ4v) is 3.57. The molecule has 1 aromatic carbocycles. The van der Waals surface area contributed by atoms with Crippen LogP contribution in [0.3, 0.4) is 0 Å². The van der Waals surface area contributed by atoms with E-state index in [4.69, 9.17) is 4.74 Å². The number of likely N-dealkylation sites (tertiary alicyclic amines) is 1. The quantitative estimate of drug-likeness (QED) is 0.875. The zero-order chi connectivity index (χ0) is 15.9. The predicted octanol–water partition coefficient (Wildman–Crippen LogP) is 2.24. The topological polar surface area (TPSA) is 41.6 Å². The average molecular weight is 316 g/mol. The number of hydrogen-bond donors (Lipinski definition) is 1. The SMILES string of the molecule is O=C(N[C@H](Cc1ccccc1)CN1CCCCC1)[C@@H]1CCOC1. The molecular weight excluding hydrogens is 288 g/mol. The van der Waals surface area contributed by atoms with Crippen LogP contribution in [0, 0.1) is 5.92 Å². The van der Waals surface area contributed by atoms with Crippen LogP contribution >= 0.6 is 0 Å². The minimum atomic E-state index is 0.0367. The predicted molar refractivity (Wildman–Crippen MR) is 91.3 cm³/mol. The first kappa shape index (κ1) is 16.5. The first-order valence-electron chi connectivity index (χ1n) is 8.95. The molecule has 1 amide bonds. The van der Waals surface area contributed by atoms with E-state index < -0.39 is 0 Å². The van der Waals surface area contributed by atoms with E-state index in [1.807, 2.05) is 6.07 Å². The Kier molecular flexibility index (Phi) is 6.06. The fourth-order valence-electron chi connectivity index (χ4n) is 3.57. The molecule has 0 aromatic heterocycles. The minimum absolute atomic E-state index is 0.0367. The molecule has 3 rings (SSSR count). The molecule has 0 unspecified atom stereocenters. The largest absolute Gasteiger partial charge is 0.381 e. The number of amides is 1. The van der Waals surface area contributed by atoms with Crippen LogP contribution < -0.4 is 5.32 Å². The Morgan fingerprint density at radius 1 is 1.22 bits per heavy atom. The van der Waals surface area contributed by atoms with Crippen LogP contribution in [0.5, 0.6) is 0 Å². The summed E-state index contributed by atoms with van der Waals surface area (Å²) in [6.45, 7) is 4.57. The van der Waals surface area contributed by atoms with Gasteiger partial charge in [-0.2, -0.15) is 0 Å². The molecule has 23 heavy (non-hydrogen) atoms. The number of nitrogens with one attached hydrogen (secondary N) is 1. The van der Waals surface area contributed by atoms with E-state index in [2.05, 4.69) is 34.5 Å². The van der Waals surface area contributed by atoms with Gasteiger partial charge in [0.25, 0.3) is 0 Å². The smallest absolute Gasteiger partial charge is 0.225 e. The number of carbonyl (C=O) groups is 1.